The maximum atomic E-state index is 12.7. The van der Waals surface area contributed by atoms with Crippen LogP contribution >= 0.6 is 0 Å². The number of hydrogen-bond acceptors (Lipinski definition) is 7. The lowest BCUT2D eigenvalue weighted by atomic mass is 9.98. The fourth-order valence-corrected chi connectivity index (χ4v) is 4.34. The highest BCUT2D eigenvalue weighted by Gasteiger charge is 2.61. The number of quaternary nitrogens is 1. The van der Waals surface area contributed by atoms with Crippen molar-refractivity contribution in [1.82, 2.24) is 9.80 Å². The molecule has 1 atom stereocenters. The zero-order valence-electron chi connectivity index (χ0n) is 20.0. The molecular formula is C25H28N3O7+. The maximum Gasteiger partial charge on any atom is 0.412 e. The Morgan fingerprint density at radius 2 is 1.83 bits per heavy atom. The summed E-state index contributed by atoms with van der Waals surface area (Å²) in [5, 5.41) is 13.0. The third-order valence-corrected chi connectivity index (χ3v) is 5.79. The van der Waals surface area contributed by atoms with Gasteiger partial charge in [0.15, 0.2) is 17.2 Å². The van der Waals surface area contributed by atoms with Crippen LogP contribution in [0.3, 0.4) is 0 Å². The van der Waals surface area contributed by atoms with Gasteiger partial charge >= 0.3 is 12.0 Å². The van der Waals surface area contributed by atoms with Gasteiger partial charge in [-0.15, -0.1) is 4.99 Å². The Kier molecular flexibility index (Phi) is 6.51. The summed E-state index contributed by atoms with van der Waals surface area (Å²) in [6, 6.07) is 14.7. The quantitative estimate of drug-likeness (QED) is 0.583. The summed E-state index contributed by atoms with van der Waals surface area (Å²) in [6.07, 6.45) is 0. The third-order valence-electron chi connectivity index (χ3n) is 5.79. The molecule has 0 aromatic heterocycles. The largest absolute Gasteiger partial charge is 0.474 e. The molecule has 184 valence electrons. The predicted molar refractivity (Wildman–Crippen MR) is 127 cm³/mol. The van der Waals surface area contributed by atoms with E-state index in [1.54, 1.807) is 18.2 Å². The number of methoxy groups -OCH3 is 1. The van der Waals surface area contributed by atoms with E-state index in [2.05, 4.69) is 10.3 Å². The van der Waals surface area contributed by atoms with Crippen molar-refractivity contribution in [3.8, 4) is 11.5 Å². The number of hydrogen-bond donors (Lipinski definition) is 2. The first-order chi connectivity index (χ1) is 16.7. The van der Waals surface area contributed by atoms with Gasteiger partial charge in [0.2, 0.25) is 12.6 Å². The number of aliphatic imine (C=N–C) groups is 1. The van der Waals surface area contributed by atoms with Gasteiger partial charge in [-0.3, -0.25) is 4.79 Å². The smallest absolute Gasteiger partial charge is 0.412 e. The molecule has 2 heterocycles. The first-order valence-electron chi connectivity index (χ1n) is 11.0. The summed E-state index contributed by atoms with van der Waals surface area (Å²) in [5.74, 6) is -0.866. The summed E-state index contributed by atoms with van der Waals surface area (Å²) in [6.45, 7) is 5.63. The van der Waals surface area contributed by atoms with Crippen LogP contribution in [-0.2, 0) is 25.7 Å². The molecule has 0 saturated heterocycles. The number of carbonyl (C=O) groups excluding carboxylic acids is 1. The van der Waals surface area contributed by atoms with Gasteiger partial charge in [-0.1, -0.05) is 30.3 Å². The van der Waals surface area contributed by atoms with E-state index >= 15 is 0 Å². The number of carboxylic acid groups (broad SMARTS) is 1. The van der Waals surface area contributed by atoms with Gasteiger partial charge in [-0.05, 0) is 32.4 Å². The van der Waals surface area contributed by atoms with E-state index < -0.39 is 21.9 Å². The number of benzene rings is 2. The normalized spacial score (nSPS) is 18.9. The highest BCUT2D eigenvalue weighted by atomic mass is 16.7. The highest BCUT2D eigenvalue weighted by molar-refractivity contribution is 6.06. The van der Waals surface area contributed by atoms with Crippen molar-refractivity contribution in [2.75, 3.05) is 20.5 Å². The average Bonchev–Trinajstić information content (AvgIpc) is 3.41. The molecule has 0 bridgehead atoms. The first kappa shape index (κ1) is 24.2. The van der Waals surface area contributed by atoms with E-state index in [0.29, 0.717) is 17.2 Å². The van der Waals surface area contributed by atoms with Crippen LogP contribution in [0.1, 0.15) is 26.3 Å². The van der Waals surface area contributed by atoms with Gasteiger partial charge in [0, 0.05) is 12.1 Å². The van der Waals surface area contributed by atoms with Crippen LogP contribution in [0.2, 0.25) is 0 Å². The van der Waals surface area contributed by atoms with Crippen LogP contribution in [0.4, 0.5) is 5.69 Å². The zero-order chi connectivity index (χ0) is 25.2. The number of carboxylic acids is 1. The Hall–Kier alpha value is -3.89. The second kappa shape index (κ2) is 9.40. The van der Waals surface area contributed by atoms with Crippen LogP contribution in [0.5, 0.6) is 11.5 Å². The third kappa shape index (κ3) is 4.33. The van der Waals surface area contributed by atoms with E-state index in [1.165, 1.54) is 7.11 Å². The SMILES string of the molecule is COC1=NC(NC(=O)COCc2ccccc2)=C(C(=O)O)[N+]1(c1ccc2c(c1)OCO2)C(C)(C)C. The highest BCUT2D eigenvalue weighted by Crippen LogP contribution is 2.47. The van der Waals surface area contributed by atoms with E-state index in [4.69, 9.17) is 18.9 Å². The Morgan fingerprint density at radius 3 is 2.49 bits per heavy atom. The summed E-state index contributed by atoms with van der Waals surface area (Å²) < 4.78 is 21.7. The topological polar surface area (TPSA) is 116 Å². The molecule has 2 aromatic carbocycles. The Labute approximate surface area is 203 Å². The first-order valence-corrected chi connectivity index (χ1v) is 11.0. The molecule has 2 N–H and O–H groups in total. The summed E-state index contributed by atoms with van der Waals surface area (Å²) in [5.41, 5.74) is 0.499. The molecule has 0 radical (unpaired) electrons. The predicted octanol–water partition coefficient (Wildman–Crippen LogP) is 3.12. The number of carbonyl (C=O) groups is 2. The molecule has 0 saturated carbocycles. The van der Waals surface area contributed by atoms with Gasteiger partial charge in [0.25, 0.3) is 11.6 Å². The lowest BCUT2D eigenvalue weighted by molar-refractivity contribution is -0.134. The molecule has 1 unspecified atom stereocenters. The number of amides is 1. The minimum atomic E-state index is -1.26. The molecular weight excluding hydrogens is 454 g/mol. The number of fused-ring (bicyclic) bond motifs is 1. The number of ether oxygens (including phenoxy) is 4. The van der Waals surface area contributed by atoms with E-state index in [9.17, 15) is 14.7 Å². The molecule has 0 aliphatic carbocycles. The summed E-state index contributed by atoms with van der Waals surface area (Å²) in [4.78, 5) is 29.8. The lowest BCUT2D eigenvalue weighted by Gasteiger charge is -2.43. The molecule has 10 heteroatoms. The van der Waals surface area contributed by atoms with Crippen molar-refractivity contribution in [2.45, 2.75) is 32.9 Å². The van der Waals surface area contributed by atoms with Crippen molar-refractivity contribution in [3.05, 3.63) is 65.6 Å². The Bertz CT molecular complexity index is 1200. The number of rotatable bonds is 7. The van der Waals surface area contributed by atoms with Gasteiger partial charge in [0.05, 0.1) is 13.7 Å². The fourth-order valence-electron chi connectivity index (χ4n) is 4.34. The van der Waals surface area contributed by atoms with Crippen molar-refractivity contribution in [1.29, 1.82) is 0 Å². The molecule has 1 amide bonds. The van der Waals surface area contributed by atoms with Crippen molar-refractivity contribution in [2.24, 2.45) is 4.99 Å². The molecule has 4 rings (SSSR count). The minimum absolute atomic E-state index is 0.0748. The zero-order valence-corrected chi connectivity index (χ0v) is 20.0. The average molecular weight is 483 g/mol. The van der Waals surface area contributed by atoms with Crippen molar-refractivity contribution < 1.29 is 33.6 Å². The van der Waals surface area contributed by atoms with E-state index in [1.807, 2.05) is 51.1 Å². The van der Waals surface area contributed by atoms with E-state index in [-0.39, 0.29) is 37.5 Å². The molecule has 2 aromatic rings. The molecule has 2 aliphatic heterocycles. The lowest BCUT2D eigenvalue weighted by Crippen LogP contribution is -2.65. The molecule has 0 spiro atoms. The van der Waals surface area contributed by atoms with Crippen LogP contribution in [0.25, 0.3) is 0 Å². The molecule has 0 fully saturated rings. The Balaban J connectivity index is 1.69. The minimum Gasteiger partial charge on any atom is -0.474 e. The maximum absolute atomic E-state index is 12.7. The number of aliphatic carboxylic acids is 1. The van der Waals surface area contributed by atoms with Crippen LogP contribution in [0, 0.1) is 0 Å². The fraction of sp³-hybridized carbons (Fsp3) is 0.320. The molecule has 10 nitrogen and oxygen atoms in total. The van der Waals surface area contributed by atoms with Gasteiger partial charge in [0.1, 0.15) is 12.1 Å². The van der Waals surface area contributed by atoms with Gasteiger partial charge < -0.3 is 29.4 Å². The second-order valence-corrected chi connectivity index (χ2v) is 9.01. The monoisotopic (exact) mass is 482 g/mol. The number of amidine groups is 1. The van der Waals surface area contributed by atoms with Crippen molar-refractivity contribution >= 4 is 23.6 Å². The van der Waals surface area contributed by atoms with Crippen LogP contribution < -0.4 is 19.3 Å². The van der Waals surface area contributed by atoms with E-state index in [0.717, 1.165) is 5.56 Å². The second-order valence-electron chi connectivity index (χ2n) is 9.01. The van der Waals surface area contributed by atoms with Crippen LogP contribution in [-0.4, -0.2) is 49.1 Å². The summed E-state index contributed by atoms with van der Waals surface area (Å²) >= 11 is 0. The molecule has 35 heavy (non-hydrogen) atoms. The molecule has 2 aliphatic rings. The van der Waals surface area contributed by atoms with Crippen molar-refractivity contribution in [3.63, 3.8) is 0 Å². The Morgan fingerprint density at radius 1 is 1.11 bits per heavy atom. The number of nitrogens with zero attached hydrogens (tertiary/aromatic N) is 2. The van der Waals surface area contributed by atoms with Crippen LogP contribution in [0.15, 0.2) is 65.0 Å². The standard InChI is InChI=1S/C25H27N3O7/c1-25(2,3)28(17-10-11-18-19(12-17)35-15-34-18)21(23(30)31)22(27-24(28)32-4)26-20(29)14-33-13-16-8-6-5-7-9-16/h5-12H,13-15H2,1-4H3,(H-,26,29,30,31)/p+1. The number of nitrogens with one attached hydrogen (secondary N) is 1. The van der Waals surface area contributed by atoms with Gasteiger partial charge in [-0.2, -0.15) is 4.48 Å². The summed E-state index contributed by atoms with van der Waals surface area (Å²) in [7, 11) is 1.41. The van der Waals surface area contributed by atoms with Gasteiger partial charge in [-0.25, -0.2) is 4.79 Å².